The van der Waals surface area contributed by atoms with Crippen LogP contribution < -0.4 is 9.62 Å². The number of hydrogen-bond donors (Lipinski definition) is 1. The van der Waals surface area contributed by atoms with E-state index in [0.717, 1.165) is 62.4 Å². The lowest BCUT2D eigenvalue weighted by molar-refractivity contribution is -0.119. The Bertz CT molecular complexity index is 1010. The molecule has 0 saturated carbocycles. The molecule has 0 aromatic heterocycles. The van der Waals surface area contributed by atoms with Gasteiger partial charge in [0.15, 0.2) is 0 Å². The van der Waals surface area contributed by atoms with E-state index in [0.29, 0.717) is 10.4 Å². The van der Waals surface area contributed by atoms with Crippen molar-refractivity contribution in [3.05, 3.63) is 65.2 Å². The van der Waals surface area contributed by atoms with Gasteiger partial charge in [-0.05, 0) is 23.3 Å². The van der Waals surface area contributed by atoms with Gasteiger partial charge in [-0.15, -0.1) is 0 Å². The first kappa shape index (κ1) is 23.1. The molecule has 168 valence electrons. The predicted molar refractivity (Wildman–Crippen MR) is 113 cm³/mol. The van der Waals surface area contributed by atoms with Crippen LogP contribution in [0.3, 0.4) is 0 Å². The second kappa shape index (κ2) is 10.2. The number of morpholine rings is 1. The van der Waals surface area contributed by atoms with Gasteiger partial charge in [0, 0.05) is 32.2 Å². The highest BCUT2D eigenvalue weighted by atomic mass is 32.2. The molecule has 1 fully saturated rings. The Morgan fingerprint density at radius 1 is 1.10 bits per heavy atom. The number of sulfonamides is 1. The number of nitrogens with one attached hydrogen (secondary N) is 1. The number of anilines is 1. The van der Waals surface area contributed by atoms with Gasteiger partial charge in [-0.3, -0.25) is 14.0 Å². The van der Waals surface area contributed by atoms with Crippen molar-refractivity contribution in [2.45, 2.75) is 13.1 Å². The number of halogens is 2. The summed E-state index contributed by atoms with van der Waals surface area (Å²) in [5, 5.41) is 2.63. The van der Waals surface area contributed by atoms with Crippen molar-refractivity contribution in [1.29, 1.82) is 0 Å². The highest BCUT2D eigenvalue weighted by Gasteiger charge is 2.24. The maximum atomic E-state index is 14.0. The number of benzene rings is 2. The Morgan fingerprint density at radius 3 is 2.35 bits per heavy atom. The lowest BCUT2D eigenvalue weighted by Gasteiger charge is -2.26. The van der Waals surface area contributed by atoms with E-state index < -0.39 is 34.1 Å². The van der Waals surface area contributed by atoms with Crippen LogP contribution in [0.4, 0.5) is 14.5 Å². The molecule has 1 amide bonds. The molecule has 0 atom stereocenters. The fourth-order valence-corrected chi connectivity index (χ4v) is 4.09. The second-order valence-corrected chi connectivity index (χ2v) is 9.25. The fraction of sp³-hybridized carbons (Fsp3) is 0.381. The van der Waals surface area contributed by atoms with Crippen LogP contribution in [0.2, 0.25) is 0 Å². The normalized spacial score (nSPS) is 14.9. The number of ether oxygens (including phenoxy) is 1. The summed E-state index contributed by atoms with van der Waals surface area (Å²) in [5.41, 5.74) is 1.61. The van der Waals surface area contributed by atoms with Gasteiger partial charge in [-0.2, -0.15) is 0 Å². The Labute approximate surface area is 180 Å². The zero-order valence-corrected chi connectivity index (χ0v) is 18.0. The quantitative estimate of drug-likeness (QED) is 0.660. The summed E-state index contributed by atoms with van der Waals surface area (Å²) in [5.74, 6) is -2.50. The summed E-state index contributed by atoms with van der Waals surface area (Å²) in [6, 6.07) is 10.2. The van der Waals surface area contributed by atoms with Crippen molar-refractivity contribution >= 4 is 21.6 Å². The summed E-state index contributed by atoms with van der Waals surface area (Å²) in [6.07, 6.45) is 0.857. The standard InChI is InChI=1S/C21H25F2N3O4S/c1-31(28,29)26(20-7-6-18(22)12-19(20)23)15-21(27)24-13-16-2-4-17(5-3-16)14-25-8-10-30-11-9-25/h2-7,12H,8-11,13-15H2,1H3,(H,24,27). The van der Waals surface area contributed by atoms with E-state index in [1.54, 1.807) is 0 Å². The molecule has 10 heteroatoms. The van der Waals surface area contributed by atoms with Crippen LogP contribution in [0.15, 0.2) is 42.5 Å². The number of carbonyl (C=O) groups excluding carboxylic acids is 1. The van der Waals surface area contributed by atoms with Crippen molar-refractivity contribution < 1.29 is 26.7 Å². The molecule has 0 spiro atoms. The summed E-state index contributed by atoms with van der Waals surface area (Å²) >= 11 is 0. The van der Waals surface area contributed by atoms with Crippen molar-refractivity contribution in [3.8, 4) is 0 Å². The zero-order chi connectivity index (χ0) is 22.4. The maximum absolute atomic E-state index is 14.0. The highest BCUT2D eigenvalue weighted by Crippen LogP contribution is 2.22. The van der Waals surface area contributed by atoms with Gasteiger partial charge in [0.2, 0.25) is 15.9 Å². The molecule has 3 rings (SSSR count). The first-order valence-corrected chi connectivity index (χ1v) is 11.6. The number of carbonyl (C=O) groups is 1. The van der Waals surface area contributed by atoms with Crippen molar-refractivity contribution in [2.24, 2.45) is 0 Å². The Hall–Kier alpha value is -2.56. The molecule has 0 radical (unpaired) electrons. The van der Waals surface area contributed by atoms with Crippen LogP contribution in [-0.4, -0.2) is 58.3 Å². The highest BCUT2D eigenvalue weighted by molar-refractivity contribution is 7.92. The molecule has 31 heavy (non-hydrogen) atoms. The van der Waals surface area contributed by atoms with Gasteiger partial charge in [0.1, 0.15) is 18.2 Å². The Kier molecular flexibility index (Phi) is 7.58. The average Bonchev–Trinajstić information content (AvgIpc) is 2.72. The third kappa shape index (κ3) is 6.71. The molecule has 2 aromatic rings. The minimum absolute atomic E-state index is 0.195. The molecule has 7 nitrogen and oxygen atoms in total. The molecule has 0 bridgehead atoms. The predicted octanol–water partition coefficient (Wildman–Crippen LogP) is 1.88. The van der Waals surface area contributed by atoms with Crippen molar-refractivity contribution in [3.63, 3.8) is 0 Å². The summed E-state index contributed by atoms with van der Waals surface area (Å²) < 4.78 is 57.3. The molecular weight excluding hydrogens is 428 g/mol. The van der Waals surface area contributed by atoms with Crippen LogP contribution in [0, 0.1) is 11.6 Å². The number of rotatable bonds is 8. The van der Waals surface area contributed by atoms with Crippen molar-refractivity contribution in [2.75, 3.05) is 43.4 Å². The summed E-state index contributed by atoms with van der Waals surface area (Å²) in [4.78, 5) is 14.6. The number of hydrogen-bond acceptors (Lipinski definition) is 5. The van der Waals surface area contributed by atoms with Gasteiger partial charge in [0.25, 0.3) is 0 Å². The van der Waals surface area contributed by atoms with E-state index in [1.165, 1.54) is 0 Å². The van der Waals surface area contributed by atoms with E-state index in [2.05, 4.69) is 10.2 Å². The third-order valence-corrected chi connectivity index (χ3v) is 6.01. The largest absolute Gasteiger partial charge is 0.379 e. The topological polar surface area (TPSA) is 79.0 Å². The molecule has 0 aliphatic carbocycles. The molecule has 1 N–H and O–H groups in total. The molecule has 1 aliphatic heterocycles. The lowest BCUT2D eigenvalue weighted by atomic mass is 10.1. The monoisotopic (exact) mass is 453 g/mol. The minimum Gasteiger partial charge on any atom is -0.379 e. The van der Waals surface area contributed by atoms with Gasteiger partial charge in [0.05, 0.1) is 25.2 Å². The average molecular weight is 454 g/mol. The zero-order valence-electron chi connectivity index (χ0n) is 17.2. The maximum Gasteiger partial charge on any atom is 0.241 e. The first-order chi connectivity index (χ1) is 14.7. The van der Waals surface area contributed by atoms with E-state index in [9.17, 15) is 22.0 Å². The Balaban J connectivity index is 1.57. The molecule has 1 saturated heterocycles. The van der Waals surface area contributed by atoms with Gasteiger partial charge in [-0.1, -0.05) is 24.3 Å². The van der Waals surface area contributed by atoms with E-state index in [1.807, 2.05) is 24.3 Å². The Morgan fingerprint density at radius 2 is 1.74 bits per heavy atom. The van der Waals surface area contributed by atoms with E-state index in [4.69, 9.17) is 4.74 Å². The van der Waals surface area contributed by atoms with E-state index in [-0.39, 0.29) is 12.2 Å². The van der Waals surface area contributed by atoms with Crippen LogP contribution in [0.25, 0.3) is 0 Å². The molecule has 1 heterocycles. The molecule has 0 unspecified atom stereocenters. The number of amides is 1. The first-order valence-electron chi connectivity index (χ1n) is 9.80. The smallest absolute Gasteiger partial charge is 0.241 e. The SMILES string of the molecule is CS(=O)(=O)N(CC(=O)NCc1ccc(CN2CCOCC2)cc1)c1ccc(F)cc1F. The van der Waals surface area contributed by atoms with Crippen LogP contribution in [-0.2, 0) is 32.6 Å². The van der Waals surface area contributed by atoms with Crippen LogP contribution >= 0.6 is 0 Å². The molecule has 1 aliphatic rings. The van der Waals surface area contributed by atoms with Crippen LogP contribution in [0.5, 0.6) is 0 Å². The number of nitrogens with zero attached hydrogens (tertiary/aromatic N) is 2. The molecular formula is C21H25F2N3O4S. The van der Waals surface area contributed by atoms with Gasteiger partial charge in [-0.25, -0.2) is 17.2 Å². The van der Waals surface area contributed by atoms with Crippen molar-refractivity contribution in [1.82, 2.24) is 10.2 Å². The third-order valence-electron chi connectivity index (χ3n) is 4.89. The van der Waals surface area contributed by atoms with Crippen LogP contribution in [0.1, 0.15) is 11.1 Å². The lowest BCUT2D eigenvalue weighted by Crippen LogP contribution is -2.40. The minimum atomic E-state index is -3.95. The summed E-state index contributed by atoms with van der Waals surface area (Å²) in [6.45, 7) is 3.65. The summed E-state index contributed by atoms with van der Waals surface area (Å²) in [7, 11) is -3.95. The van der Waals surface area contributed by atoms with Gasteiger partial charge < -0.3 is 10.1 Å². The molecule has 2 aromatic carbocycles. The van der Waals surface area contributed by atoms with E-state index >= 15 is 0 Å². The fourth-order valence-electron chi connectivity index (χ4n) is 3.23. The second-order valence-electron chi connectivity index (χ2n) is 7.35. The van der Waals surface area contributed by atoms with Gasteiger partial charge >= 0.3 is 0 Å².